The van der Waals surface area contributed by atoms with Crippen LogP contribution in [0.4, 0.5) is 18.9 Å². The Kier molecular flexibility index (Phi) is 10.4. The quantitative estimate of drug-likeness (QED) is 0.411. The third-order valence-electron chi connectivity index (χ3n) is 5.62. The number of nitrogens with one attached hydrogen (secondary N) is 1. The molecule has 0 radical (unpaired) electrons. The molecule has 2 rings (SSSR count). The van der Waals surface area contributed by atoms with Crippen LogP contribution in [0.1, 0.15) is 37.8 Å². The lowest BCUT2D eigenvalue weighted by Gasteiger charge is -2.31. The van der Waals surface area contributed by atoms with Crippen molar-refractivity contribution in [2.45, 2.75) is 45.5 Å². The zero-order valence-corrected chi connectivity index (χ0v) is 22.0. The summed E-state index contributed by atoms with van der Waals surface area (Å²) in [6.07, 6.45) is -2.32. The van der Waals surface area contributed by atoms with E-state index in [1.807, 2.05) is 6.92 Å². The number of ether oxygens (including phenoxy) is 1. The van der Waals surface area contributed by atoms with Crippen LogP contribution in [0.2, 0.25) is 0 Å². The molecule has 0 aromatic heterocycles. The van der Waals surface area contributed by atoms with Crippen molar-refractivity contribution in [2.75, 3.05) is 30.8 Å². The zero-order valence-electron chi connectivity index (χ0n) is 21.2. The van der Waals surface area contributed by atoms with Crippen LogP contribution in [0.5, 0.6) is 5.75 Å². The monoisotopic (exact) mass is 543 g/mol. The standard InChI is InChI=1S/C25H32F3N3O5S/c1-5-6-13-29-24(33)18(2)30(16-19-9-7-12-22(14-19)36-3)23(32)17-31(37(4,34)35)21-11-8-10-20(15-21)25(26,27)28/h7-12,14-15,18H,5-6,13,16-17H2,1-4H3,(H,29,33)/t18-/m1/s1. The molecule has 37 heavy (non-hydrogen) atoms. The molecule has 2 aromatic rings. The number of rotatable bonds is 12. The summed E-state index contributed by atoms with van der Waals surface area (Å²) >= 11 is 0. The number of halogens is 3. The van der Waals surface area contributed by atoms with Gasteiger partial charge in [0, 0.05) is 13.1 Å². The van der Waals surface area contributed by atoms with Crippen molar-refractivity contribution in [3.8, 4) is 5.75 Å². The van der Waals surface area contributed by atoms with Crippen molar-refractivity contribution in [3.05, 3.63) is 59.7 Å². The zero-order chi connectivity index (χ0) is 27.8. The highest BCUT2D eigenvalue weighted by atomic mass is 32.2. The number of carbonyl (C=O) groups is 2. The fraction of sp³-hybridized carbons (Fsp3) is 0.440. The van der Waals surface area contributed by atoms with Gasteiger partial charge in [0.1, 0.15) is 18.3 Å². The van der Waals surface area contributed by atoms with Gasteiger partial charge in [-0.05, 0) is 49.2 Å². The Labute approximate surface area is 215 Å². The van der Waals surface area contributed by atoms with Crippen molar-refractivity contribution in [3.63, 3.8) is 0 Å². The molecule has 0 aliphatic heterocycles. The number of methoxy groups -OCH3 is 1. The molecule has 2 aromatic carbocycles. The van der Waals surface area contributed by atoms with Crippen LogP contribution in [0.3, 0.4) is 0 Å². The molecular formula is C25H32F3N3O5S. The number of hydrogen-bond donors (Lipinski definition) is 1. The number of anilines is 1. The van der Waals surface area contributed by atoms with Gasteiger partial charge in [-0.15, -0.1) is 0 Å². The Bertz CT molecular complexity index is 1190. The number of sulfonamides is 1. The van der Waals surface area contributed by atoms with E-state index in [0.717, 1.165) is 31.2 Å². The lowest BCUT2D eigenvalue weighted by molar-refractivity contribution is -0.139. The molecule has 1 atom stereocenters. The summed E-state index contributed by atoms with van der Waals surface area (Å²) in [6, 6.07) is 9.53. The Morgan fingerprint density at radius 3 is 2.38 bits per heavy atom. The number of hydrogen-bond acceptors (Lipinski definition) is 5. The van der Waals surface area contributed by atoms with Crippen LogP contribution in [0.15, 0.2) is 48.5 Å². The average molecular weight is 544 g/mol. The topological polar surface area (TPSA) is 96.0 Å². The first kappa shape index (κ1) is 29.9. The molecule has 0 unspecified atom stereocenters. The van der Waals surface area contributed by atoms with Crippen LogP contribution < -0.4 is 14.4 Å². The maximum atomic E-state index is 13.5. The van der Waals surface area contributed by atoms with Gasteiger partial charge in [0.05, 0.1) is 24.6 Å². The van der Waals surface area contributed by atoms with Crippen molar-refractivity contribution in [2.24, 2.45) is 0 Å². The average Bonchev–Trinajstić information content (AvgIpc) is 2.84. The van der Waals surface area contributed by atoms with Crippen LogP contribution in [-0.2, 0) is 32.3 Å². The summed E-state index contributed by atoms with van der Waals surface area (Å²) in [4.78, 5) is 27.5. The Morgan fingerprint density at radius 2 is 1.78 bits per heavy atom. The molecule has 0 aliphatic rings. The van der Waals surface area contributed by atoms with Gasteiger partial charge in [0.15, 0.2) is 0 Å². The largest absolute Gasteiger partial charge is 0.497 e. The summed E-state index contributed by atoms with van der Waals surface area (Å²) in [5.74, 6) is -0.676. The second-order valence-corrected chi connectivity index (χ2v) is 10.4. The van der Waals surface area contributed by atoms with Gasteiger partial charge in [0.25, 0.3) is 0 Å². The number of nitrogens with zero attached hydrogens (tertiary/aromatic N) is 2. The van der Waals surface area contributed by atoms with E-state index in [1.54, 1.807) is 24.3 Å². The van der Waals surface area contributed by atoms with E-state index in [0.29, 0.717) is 28.2 Å². The normalized spacial score (nSPS) is 12.5. The molecule has 0 spiro atoms. The van der Waals surface area contributed by atoms with Crippen LogP contribution in [0, 0.1) is 0 Å². The fourth-order valence-corrected chi connectivity index (χ4v) is 4.38. The summed E-state index contributed by atoms with van der Waals surface area (Å²) in [5.41, 5.74) is -0.749. The van der Waals surface area contributed by atoms with E-state index >= 15 is 0 Å². The Morgan fingerprint density at radius 1 is 1.11 bits per heavy atom. The molecule has 2 amide bonds. The third-order valence-corrected chi connectivity index (χ3v) is 6.77. The first-order valence-corrected chi connectivity index (χ1v) is 13.5. The van der Waals surface area contributed by atoms with Crippen molar-refractivity contribution < 1.29 is 35.9 Å². The highest BCUT2D eigenvalue weighted by molar-refractivity contribution is 7.92. The highest BCUT2D eigenvalue weighted by Gasteiger charge is 2.33. The second kappa shape index (κ2) is 12.8. The van der Waals surface area contributed by atoms with E-state index in [4.69, 9.17) is 4.74 Å². The van der Waals surface area contributed by atoms with Crippen LogP contribution in [-0.4, -0.2) is 57.6 Å². The van der Waals surface area contributed by atoms with Crippen LogP contribution >= 0.6 is 0 Å². The summed E-state index contributed by atoms with van der Waals surface area (Å²) in [5, 5.41) is 2.75. The molecule has 0 saturated carbocycles. The van der Waals surface area contributed by atoms with Gasteiger partial charge in [0.2, 0.25) is 21.8 Å². The second-order valence-electron chi connectivity index (χ2n) is 8.51. The fourth-order valence-electron chi connectivity index (χ4n) is 3.54. The predicted molar refractivity (Wildman–Crippen MR) is 135 cm³/mol. The Hall–Kier alpha value is -3.28. The summed E-state index contributed by atoms with van der Waals surface area (Å²) in [7, 11) is -2.68. The first-order valence-electron chi connectivity index (χ1n) is 11.6. The lowest BCUT2D eigenvalue weighted by Crippen LogP contribution is -2.51. The molecule has 0 heterocycles. The molecule has 0 saturated heterocycles. The molecule has 0 aliphatic carbocycles. The lowest BCUT2D eigenvalue weighted by atomic mass is 10.1. The molecule has 1 N–H and O–H groups in total. The molecular weight excluding hydrogens is 511 g/mol. The molecule has 204 valence electrons. The van der Waals surface area contributed by atoms with E-state index in [-0.39, 0.29) is 12.2 Å². The minimum atomic E-state index is -4.70. The van der Waals surface area contributed by atoms with Crippen LogP contribution in [0.25, 0.3) is 0 Å². The number of amides is 2. The van der Waals surface area contributed by atoms with Crippen molar-refractivity contribution >= 4 is 27.5 Å². The highest BCUT2D eigenvalue weighted by Crippen LogP contribution is 2.32. The van der Waals surface area contributed by atoms with Crippen molar-refractivity contribution in [1.82, 2.24) is 10.2 Å². The number of alkyl halides is 3. The number of carbonyl (C=O) groups excluding carboxylic acids is 2. The number of unbranched alkanes of at least 4 members (excludes halogenated alkanes) is 1. The Balaban J connectivity index is 2.42. The number of benzene rings is 2. The molecule has 12 heteroatoms. The van der Waals surface area contributed by atoms with Gasteiger partial charge in [-0.25, -0.2) is 8.42 Å². The summed E-state index contributed by atoms with van der Waals surface area (Å²) < 4.78 is 70.7. The van der Waals surface area contributed by atoms with Gasteiger partial charge in [-0.2, -0.15) is 13.2 Å². The van der Waals surface area contributed by atoms with Gasteiger partial charge in [-0.3, -0.25) is 13.9 Å². The first-order chi connectivity index (χ1) is 17.3. The predicted octanol–water partition coefficient (Wildman–Crippen LogP) is 3.81. The third kappa shape index (κ3) is 8.66. The maximum absolute atomic E-state index is 13.5. The van der Waals surface area contributed by atoms with E-state index in [2.05, 4.69) is 5.32 Å². The minimum Gasteiger partial charge on any atom is -0.497 e. The molecule has 8 nitrogen and oxygen atoms in total. The minimum absolute atomic E-state index is 0.0570. The van der Waals surface area contributed by atoms with Gasteiger partial charge < -0.3 is 15.0 Å². The maximum Gasteiger partial charge on any atom is 0.416 e. The van der Waals surface area contributed by atoms with E-state index < -0.39 is 46.2 Å². The van der Waals surface area contributed by atoms with E-state index in [1.165, 1.54) is 25.0 Å². The SMILES string of the molecule is CCCCNC(=O)[C@@H](C)N(Cc1cccc(OC)c1)C(=O)CN(c1cccc(C(F)(F)F)c1)S(C)(=O)=O. The molecule has 0 bridgehead atoms. The van der Waals surface area contributed by atoms with Gasteiger partial charge in [-0.1, -0.05) is 31.5 Å². The van der Waals surface area contributed by atoms with Crippen molar-refractivity contribution in [1.29, 1.82) is 0 Å². The smallest absolute Gasteiger partial charge is 0.416 e. The summed E-state index contributed by atoms with van der Waals surface area (Å²) in [6.45, 7) is 3.02. The van der Waals surface area contributed by atoms with Gasteiger partial charge >= 0.3 is 6.18 Å². The van der Waals surface area contributed by atoms with E-state index in [9.17, 15) is 31.2 Å². The molecule has 0 fully saturated rings.